The molecule has 130 valence electrons. The Kier molecular flexibility index (Phi) is 5.43. The summed E-state index contributed by atoms with van der Waals surface area (Å²) in [5, 5.41) is 0. The Bertz CT molecular complexity index is 839. The van der Waals surface area contributed by atoms with Crippen molar-refractivity contribution >= 4 is 26.8 Å². The highest BCUT2D eigenvalue weighted by molar-refractivity contribution is 9.18. The van der Waals surface area contributed by atoms with Gasteiger partial charge in [0.05, 0.1) is 12.6 Å². The number of benzene rings is 1. The first-order valence-corrected chi connectivity index (χ1v) is 8.82. The van der Waals surface area contributed by atoms with E-state index in [1.54, 1.807) is 18.5 Å². The van der Waals surface area contributed by atoms with Gasteiger partial charge >= 0.3 is 0 Å². The normalized spacial score (nSPS) is 15.9. The second kappa shape index (κ2) is 7.74. The van der Waals surface area contributed by atoms with Crippen LogP contribution in [-0.4, -0.2) is 26.5 Å². The van der Waals surface area contributed by atoms with Crippen LogP contribution in [0.1, 0.15) is 29.6 Å². The minimum Gasteiger partial charge on any atom is -0.404 e. The average Bonchev–Trinajstić information content (AvgIpc) is 3.03. The molecule has 1 aromatic carbocycles. The van der Waals surface area contributed by atoms with Gasteiger partial charge in [0.1, 0.15) is 16.3 Å². The monoisotopic (exact) mass is 404 g/mol. The molecule has 0 radical (unpaired) electrons. The smallest absolute Gasteiger partial charge is 0.150 e. The molecule has 1 aliphatic rings. The van der Waals surface area contributed by atoms with Crippen LogP contribution in [0.15, 0.2) is 47.4 Å². The highest BCUT2D eigenvalue weighted by Crippen LogP contribution is 2.26. The van der Waals surface area contributed by atoms with Crippen molar-refractivity contribution in [1.82, 2.24) is 9.55 Å². The lowest BCUT2D eigenvalue weighted by Gasteiger charge is -2.22. The maximum absolute atomic E-state index is 13.4. The molecule has 2 N–H and O–H groups in total. The van der Waals surface area contributed by atoms with Gasteiger partial charge in [-0.25, -0.2) is 9.37 Å². The van der Waals surface area contributed by atoms with Crippen LogP contribution in [0.3, 0.4) is 0 Å². The predicted molar refractivity (Wildman–Crippen MR) is 99.3 cm³/mol. The van der Waals surface area contributed by atoms with E-state index in [4.69, 9.17) is 5.73 Å². The fraction of sp³-hybridized carbons (Fsp3) is 0.278. The molecule has 2 aromatic rings. The maximum Gasteiger partial charge on any atom is 0.150 e. The standard InChI is InChI=1S/C18H18BrFN4O/c19-17(23-15-2-1-3-15)13(9-21)10-24-7-6-22-18(24)16-5-4-14(20)8-12(16)11-25/h4-9,11,15H,1-3,10,21H2. The highest BCUT2D eigenvalue weighted by Gasteiger charge is 2.18. The van der Waals surface area contributed by atoms with E-state index >= 15 is 0 Å². The number of nitrogens with two attached hydrogens (primary N) is 1. The molecular weight excluding hydrogens is 387 g/mol. The number of hydrogen-bond donors (Lipinski definition) is 1. The molecule has 7 heteroatoms. The Morgan fingerprint density at radius 1 is 1.48 bits per heavy atom. The Labute approximate surface area is 153 Å². The molecular formula is C18H18BrFN4O. The van der Waals surface area contributed by atoms with Crippen LogP contribution >= 0.6 is 15.9 Å². The van der Waals surface area contributed by atoms with Crippen molar-refractivity contribution in [2.75, 3.05) is 0 Å². The molecule has 1 saturated carbocycles. The van der Waals surface area contributed by atoms with Crippen molar-refractivity contribution in [2.45, 2.75) is 31.8 Å². The van der Waals surface area contributed by atoms with Crippen LogP contribution in [0.4, 0.5) is 4.39 Å². The molecule has 25 heavy (non-hydrogen) atoms. The zero-order valence-corrected chi connectivity index (χ0v) is 15.1. The van der Waals surface area contributed by atoms with Crippen LogP contribution in [0.5, 0.6) is 0 Å². The molecule has 1 heterocycles. The molecule has 3 rings (SSSR count). The van der Waals surface area contributed by atoms with Gasteiger partial charge in [0, 0.05) is 35.3 Å². The van der Waals surface area contributed by atoms with Gasteiger partial charge in [-0.1, -0.05) is 0 Å². The van der Waals surface area contributed by atoms with Gasteiger partial charge in [-0.15, -0.1) is 0 Å². The summed E-state index contributed by atoms with van der Waals surface area (Å²) in [6.07, 6.45) is 8.98. The zero-order valence-electron chi connectivity index (χ0n) is 13.5. The van der Waals surface area contributed by atoms with Gasteiger partial charge in [-0.05, 0) is 53.4 Å². The second-order valence-electron chi connectivity index (χ2n) is 5.92. The molecule has 0 unspecified atom stereocenters. The van der Waals surface area contributed by atoms with Crippen LogP contribution in [0.25, 0.3) is 11.4 Å². The average molecular weight is 405 g/mol. The number of rotatable bonds is 6. The predicted octanol–water partition coefficient (Wildman–Crippen LogP) is 3.69. The molecule has 0 aliphatic heterocycles. The summed E-state index contributed by atoms with van der Waals surface area (Å²) in [4.78, 5) is 20.2. The summed E-state index contributed by atoms with van der Waals surface area (Å²) in [6, 6.07) is 4.43. The van der Waals surface area contributed by atoms with Crippen molar-refractivity contribution in [2.24, 2.45) is 10.7 Å². The fourth-order valence-electron chi connectivity index (χ4n) is 2.64. The number of allylic oxidation sites excluding steroid dienone is 1. The third-order valence-corrected chi connectivity index (χ3v) is 4.99. The Morgan fingerprint density at radius 2 is 2.28 bits per heavy atom. The Balaban J connectivity index is 1.89. The van der Waals surface area contributed by atoms with Gasteiger partial charge < -0.3 is 10.3 Å². The lowest BCUT2D eigenvalue weighted by molar-refractivity contribution is 0.112. The van der Waals surface area contributed by atoms with E-state index in [1.807, 2.05) is 4.57 Å². The first-order valence-electron chi connectivity index (χ1n) is 8.03. The van der Waals surface area contributed by atoms with Gasteiger partial charge in [-0.2, -0.15) is 0 Å². The summed E-state index contributed by atoms with van der Waals surface area (Å²) in [7, 11) is 0. The number of aromatic nitrogens is 2. The number of aliphatic imine (C=N–C) groups is 1. The maximum atomic E-state index is 13.4. The van der Waals surface area contributed by atoms with Crippen molar-refractivity contribution in [3.8, 4) is 11.4 Å². The molecule has 0 saturated heterocycles. The van der Waals surface area contributed by atoms with Gasteiger partial charge in [-0.3, -0.25) is 9.79 Å². The van der Waals surface area contributed by atoms with Gasteiger partial charge in [0.2, 0.25) is 0 Å². The van der Waals surface area contributed by atoms with Gasteiger partial charge in [0.15, 0.2) is 6.29 Å². The number of nitrogens with zero attached hydrogens (tertiary/aromatic N) is 3. The minimum atomic E-state index is -0.457. The third-order valence-electron chi connectivity index (χ3n) is 4.27. The summed E-state index contributed by atoms with van der Waals surface area (Å²) in [5.74, 6) is 0.118. The number of hydrogen-bond acceptors (Lipinski definition) is 4. The van der Waals surface area contributed by atoms with E-state index in [2.05, 4.69) is 25.9 Å². The largest absolute Gasteiger partial charge is 0.404 e. The molecule has 0 spiro atoms. The van der Waals surface area contributed by atoms with Crippen molar-refractivity contribution in [3.05, 3.63) is 53.7 Å². The van der Waals surface area contributed by atoms with E-state index < -0.39 is 5.82 Å². The van der Waals surface area contributed by atoms with Crippen molar-refractivity contribution < 1.29 is 9.18 Å². The lowest BCUT2D eigenvalue weighted by Crippen LogP contribution is -2.18. The Morgan fingerprint density at radius 3 is 2.92 bits per heavy atom. The molecule has 1 aromatic heterocycles. The number of halogens is 2. The Hall–Kier alpha value is -2.28. The molecule has 0 bridgehead atoms. The third kappa shape index (κ3) is 3.87. The van der Waals surface area contributed by atoms with Crippen molar-refractivity contribution in [1.29, 1.82) is 0 Å². The van der Waals surface area contributed by atoms with E-state index in [9.17, 15) is 9.18 Å². The quantitative estimate of drug-likeness (QED) is 0.589. The minimum absolute atomic E-state index is 0.257. The number of aldehydes is 1. The molecule has 0 amide bonds. The number of carbonyl (C=O) groups excluding carboxylic acids is 1. The first kappa shape index (κ1) is 17.5. The summed E-state index contributed by atoms with van der Waals surface area (Å²) in [5.41, 5.74) is 7.43. The second-order valence-corrected chi connectivity index (χ2v) is 6.68. The molecule has 0 atom stereocenters. The van der Waals surface area contributed by atoms with E-state index in [0.717, 1.165) is 23.0 Å². The highest BCUT2D eigenvalue weighted by atomic mass is 79.9. The van der Waals surface area contributed by atoms with E-state index in [1.165, 1.54) is 24.8 Å². The van der Waals surface area contributed by atoms with E-state index in [-0.39, 0.29) is 5.56 Å². The van der Waals surface area contributed by atoms with Crippen LogP contribution in [0, 0.1) is 5.82 Å². The molecule has 5 nitrogen and oxygen atoms in total. The topological polar surface area (TPSA) is 73.3 Å². The molecule has 1 fully saturated rings. The first-order chi connectivity index (χ1) is 12.1. The molecule has 1 aliphatic carbocycles. The number of carbonyl (C=O) groups is 1. The summed E-state index contributed by atoms with van der Waals surface area (Å²) in [6.45, 7) is 0.443. The lowest BCUT2D eigenvalue weighted by atomic mass is 9.94. The summed E-state index contributed by atoms with van der Waals surface area (Å²) >= 11 is 3.51. The van der Waals surface area contributed by atoms with Crippen LogP contribution < -0.4 is 5.73 Å². The van der Waals surface area contributed by atoms with E-state index in [0.29, 0.717) is 30.3 Å². The van der Waals surface area contributed by atoms with Gasteiger partial charge in [0.25, 0.3) is 0 Å². The zero-order chi connectivity index (χ0) is 17.8. The van der Waals surface area contributed by atoms with Crippen LogP contribution in [-0.2, 0) is 6.54 Å². The van der Waals surface area contributed by atoms with Crippen molar-refractivity contribution in [3.63, 3.8) is 0 Å². The number of imidazole rings is 1. The van der Waals surface area contributed by atoms with Crippen LogP contribution in [0.2, 0.25) is 0 Å². The summed E-state index contributed by atoms with van der Waals surface area (Å²) < 4.78 is 16.0. The fourth-order valence-corrected chi connectivity index (χ4v) is 3.19. The SMILES string of the molecule is NC=C(Cn1ccnc1-c1ccc(F)cc1C=O)C(Br)=NC1CCC1.